The number of methoxy groups -OCH3 is 1. The van der Waals surface area contributed by atoms with Gasteiger partial charge in [-0.15, -0.1) is 0 Å². The lowest BCUT2D eigenvalue weighted by atomic mass is 10.0. The molecule has 1 amide bonds. The highest BCUT2D eigenvalue weighted by Gasteiger charge is 2.47. The third-order valence-electron chi connectivity index (χ3n) is 4.93. The highest BCUT2D eigenvalue weighted by atomic mass is 16.5. The Balaban J connectivity index is 2.27. The fourth-order valence-electron chi connectivity index (χ4n) is 3.27. The van der Waals surface area contributed by atoms with Gasteiger partial charge in [0.05, 0.1) is 18.2 Å². The number of ether oxygens (including phenoxy) is 1. The minimum atomic E-state index is 0.200. The Hall–Kier alpha value is -1.19. The van der Waals surface area contributed by atoms with E-state index in [0.29, 0.717) is 10.4 Å². The molecule has 0 bridgehead atoms. The average molecular weight is 290 g/mol. The summed E-state index contributed by atoms with van der Waals surface area (Å²) in [6.07, 6.45) is 1.16. The zero-order valence-electron chi connectivity index (χ0n) is 13.9. The van der Waals surface area contributed by atoms with Gasteiger partial charge >= 0.3 is 5.91 Å². The molecule has 1 heterocycles. The molecule has 1 fully saturated rings. The number of quaternary nitrogens is 1. The van der Waals surface area contributed by atoms with Gasteiger partial charge in [-0.25, -0.2) is 4.79 Å². The van der Waals surface area contributed by atoms with Crippen molar-refractivity contribution in [3.8, 4) is 0 Å². The molecule has 1 aromatic rings. The van der Waals surface area contributed by atoms with Gasteiger partial charge in [-0.05, 0) is 37.5 Å². The van der Waals surface area contributed by atoms with Crippen LogP contribution in [0.4, 0.5) is 0 Å². The van der Waals surface area contributed by atoms with Crippen molar-refractivity contribution in [3.05, 3.63) is 35.4 Å². The Morgan fingerprint density at radius 2 is 1.81 bits per heavy atom. The SMILES string of the molecule is COC1CC[N+](C(=O)c2ccc(C(C)C)cc2)(C(C)C)C1. The third kappa shape index (κ3) is 3.04. The zero-order chi connectivity index (χ0) is 15.6. The molecule has 2 rings (SSSR count). The molecule has 21 heavy (non-hydrogen) atoms. The van der Waals surface area contributed by atoms with Crippen molar-refractivity contribution >= 4 is 5.91 Å². The molecule has 3 heteroatoms. The van der Waals surface area contributed by atoms with Gasteiger partial charge < -0.3 is 4.74 Å². The van der Waals surface area contributed by atoms with Gasteiger partial charge in [0.25, 0.3) is 0 Å². The van der Waals surface area contributed by atoms with Crippen LogP contribution in [0, 0.1) is 0 Å². The van der Waals surface area contributed by atoms with Crippen molar-refractivity contribution in [2.24, 2.45) is 0 Å². The average Bonchev–Trinajstić information content (AvgIpc) is 2.92. The molecular formula is C18H28NO2+. The molecule has 0 spiro atoms. The summed E-state index contributed by atoms with van der Waals surface area (Å²) in [4.78, 5) is 13.1. The number of rotatable bonds is 4. The molecule has 0 radical (unpaired) electrons. The van der Waals surface area contributed by atoms with E-state index in [1.54, 1.807) is 7.11 Å². The second-order valence-corrected chi connectivity index (χ2v) is 6.76. The maximum Gasteiger partial charge on any atom is 0.346 e. The van der Waals surface area contributed by atoms with Crippen molar-refractivity contribution in [1.82, 2.24) is 0 Å². The molecule has 1 aromatic carbocycles. The summed E-state index contributed by atoms with van der Waals surface area (Å²) in [6.45, 7) is 10.3. The number of amides is 1. The number of likely N-dealkylation sites (tertiary alicyclic amines) is 1. The highest BCUT2D eigenvalue weighted by molar-refractivity contribution is 5.89. The van der Waals surface area contributed by atoms with E-state index in [4.69, 9.17) is 4.74 Å². The van der Waals surface area contributed by atoms with Crippen LogP contribution in [0.3, 0.4) is 0 Å². The predicted molar refractivity (Wildman–Crippen MR) is 85.4 cm³/mol. The molecule has 0 aromatic heterocycles. The lowest BCUT2D eigenvalue weighted by molar-refractivity contribution is -0.859. The number of benzene rings is 1. The van der Waals surface area contributed by atoms with Crippen LogP contribution in [0.5, 0.6) is 0 Å². The molecule has 1 aliphatic rings. The summed E-state index contributed by atoms with van der Waals surface area (Å²) in [5.41, 5.74) is 2.10. The number of nitrogens with zero attached hydrogens (tertiary/aromatic N) is 1. The zero-order valence-corrected chi connectivity index (χ0v) is 13.9. The van der Waals surface area contributed by atoms with Gasteiger partial charge in [0.15, 0.2) is 0 Å². The monoisotopic (exact) mass is 290 g/mol. The normalized spacial score (nSPS) is 25.8. The standard InChI is InChI=1S/C18H28NO2/c1-13(2)15-6-8-16(9-7-15)18(20)19(14(3)4)11-10-17(12-19)21-5/h6-9,13-14,17H,10-12H2,1-5H3/q+1. The smallest absolute Gasteiger partial charge is 0.346 e. The van der Waals surface area contributed by atoms with Crippen molar-refractivity contribution in [1.29, 1.82) is 0 Å². The number of carbonyl (C=O) groups excluding carboxylic acids is 1. The summed E-state index contributed by atoms with van der Waals surface area (Å²) in [5, 5.41) is 0. The largest absolute Gasteiger partial charge is 0.375 e. The maximum atomic E-state index is 13.1. The van der Waals surface area contributed by atoms with Crippen LogP contribution in [0.15, 0.2) is 24.3 Å². The molecule has 1 aliphatic heterocycles. The Morgan fingerprint density at radius 1 is 1.19 bits per heavy atom. The van der Waals surface area contributed by atoms with Crippen molar-refractivity contribution in [2.75, 3.05) is 20.2 Å². The van der Waals surface area contributed by atoms with Crippen LogP contribution in [-0.4, -0.2) is 42.7 Å². The fraction of sp³-hybridized carbons (Fsp3) is 0.611. The van der Waals surface area contributed by atoms with E-state index in [1.807, 2.05) is 12.1 Å². The predicted octanol–water partition coefficient (Wildman–Crippen LogP) is 3.59. The van der Waals surface area contributed by atoms with Crippen LogP contribution in [0.25, 0.3) is 0 Å². The summed E-state index contributed by atoms with van der Waals surface area (Å²) < 4.78 is 6.00. The van der Waals surface area contributed by atoms with E-state index >= 15 is 0 Å². The molecule has 3 nitrogen and oxygen atoms in total. The summed E-state index contributed by atoms with van der Waals surface area (Å²) in [7, 11) is 1.74. The molecule has 0 N–H and O–H groups in total. The van der Waals surface area contributed by atoms with Gasteiger partial charge in [-0.2, -0.15) is 0 Å². The van der Waals surface area contributed by atoms with Gasteiger partial charge in [0.1, 0.15) is 12.6 Å². The first kappa shape index (κ1) is 16.2. The van der Waals surface area contributed by atoms with Crippen molar-refractivity contribution in [2.45, 2.75) is 52.2 Å². The topological polar surface area (TPSA) is 26.3 Å². The second kappa shape index (κ2) is 6.29. The van der Waals surface area contributed by atoms with Gasteiger partial charge in [0, 0.05) is 13.5 Å². The van der Waals surface area contributed by atoms with E-state index in [1.165, 1.54) is 5.56 Å². The quantitative estimate of drug-likeness (QED) is 0.792. The summed E-state index contributed by atoms with van der Waals surface area (Å²) in [5.74, 6) is 0.729. The van der Waals surface area contributed by atoms with Crippen LogP contribution >= 0.6 is 0 Å². The van der Waals surface area contributed by atoms with E-state index in [0.717, 1.165) is 25.1 Å². The minimum Gasteiger partial charge on any atom is -0.375 e. The first-order valence-corrected chi connectivity index (χ1v) is 7.95. The lowest BCUT2D eigenvalue weighted by Gasteiger charge is -2.35. The Morgan fingerprint density at radius 3 is 2.24 bits per heavy atom. The van der Waals surface area contributed by atoms with Crippen molar-refractivity contribution in [3.63, 3.8) is 0 Å². The second-order valence-electron chi connectivity index (χ2n) is 6.76. The summed E-state index contributed by atoms with van der Waals surface area (Å²) in [6, 6.07) is 8.42. The lowest BCUT2D eigenvalue weighted by Crippen LogP contribution is -2.56. The number of carbonyl (C=O) groups is 1. The van der Waals surface area contributed by atoms with Gasteiger partial charge in [-0.1, -0.05) is 26.0 Å². The maximum absolute atomic E-state index is 13.1. The van der Waals surface area contributed by atoms with E-state index < -0.39 is 0 Å². The summed E-state index contributed by atoms with van der Waals surface area (Å²) >= 11 is 0. The van der Waals surface area contributed by atoms with Gasteiger partial charge in [-0.3, -0.25) is 4.48 Å². The Bertz CT molecular complexity index is 492. The Labute approximate surface area is 128 Å². The number of hydrogen-bond acceptors (Lipinski definition) is 2. The van der Waals surface area contributed by atoms with Crippen molar-refractivity contribution < 1.29 is 14.0 Å². The first-order valence-electron chi connectivity index (χ1n) is 7.95. The number of hydrogen-bond donors (Lipinski definition) is 0. The van der Waals surface area contributed by atoms with E-state index in [2.05, 4.69) is 39.8 Å². The first-order chi connectivity index (χ1) is 9.90. The van der Waals surface area contributed by atoms with Crippen LogP contribution in [0.2, 0.25) is 0 Å². The minimum absolute atomic E-state index is 0.200. The molecule has 2 atom stereocenters. The molecule has 2 unspecified atom stereocenters. The molecule has 116 valence electrons. The molecule has 0 aliphatic carbocycles. The molecule has 1 saturated heterocycles. The Kier molecular flexibility index (Phi) is 4.84. The molecular weight excluding hydrogens is 262 g/mol. The van der Waals surface area contributed by atoms with Gasteiger partial charge in [0.2, 0.25) is 0 Å². The fourth-order valence-corrected chi connectivity index (χ4v) is 3.27. The highest BCUT2D eigenvalue weighted by Crippen LogP contribution is 2.29. The van der Waals surface area contributed by atoms with E-state index in [-0.39, 0.29) is 18.1 Å². The van der Waals surface area contributed by atoms with Crippen LogP contribution in [0.1, 0.15) is 56.0 Å². The van der Waals surface area contributed by atoms with Crippen LogP contribution in [-0.2, 0) is 4.74 Å². The van der Waals surface area contributed by atoms with Crippen LogP contribution < -0.4 is 0 Å². The third-order valence-corrected chi connectivity index (χ3v) is 4.93. The molecule has 0 saturated carbocycles. The van der Waals surface area contributed by atoms with E-state index in [9.17, 15) is 4.79 Å².